The van der Waals surface area contributed by atoms with Crippen molar-refractivity contribution in [2.24, 2.45) is 29.6 Å². The van der Waals surface area contributed by atoms with E-state index in [9.17, 15) is 0 Å². The molecule has 1 heterocycles. The average Bonchev–Trinajstić information content (AvgIpc) is 2.68. The fourth-order valence-corrected chi connectivity index (χ4v) is 5.56. The number of allylic oxidation sites excluding steroid dienone is 2. The van der Waals surface area contributed by atoms with Crippen LogP contribution < -0.4 is 0 Å². The summed E-state index contributed by atoms with van der Waals surface area (Å²) < 4.78 is 6.08. The molecule has 0 aromatic rings. The van der Waals surface area contributed by atoms with Crippen LogP contribution in [0.1, 0.15) is 84.0 Å². The van der Waals surface area contributed by atoms with E-state index in [1.54, 1.807) is 0 Å². The highest BCUT2D eigenvalue weighted by Gasteiger charge is 2.29. The molecule has 0 aromatic carbocycles. The SMILES string of the molecule is C=CC1CCC(C2CCC(C=CC3CCC(CCC)CO3)CC2)CC1. The summed E-state index contributed by atoms with van der Waals surface area (Å²) in [6.07, 6.45) is 24.2. The van der Waals surface area contributed by atoms with Crippen molar-refractivity contribution in [3.8, 4) is 0 Å². The Morgan fingerprint density at radius 1 is 0.800 bits per heavy atom. The lowest BCUT2D eigenvalue weighted by atomic mass is 9.69. The van der Waals surface area contributed by atoms with Gasteiger partial charge in [0, 0.05) is 0 Å². The van der Waals surface area contributed by atoms with Crippen LogP contribution in [0.15, 0.2) is 24.8 Å². The van der Waals surface area contributed by atoms with Crippen LogP contribution in [-0.2, 0) is 4.74 Å². The van der Waals surface area contributed by atoms with Crippen molar-refractivity contribution >= 4 is 0 Å². The van der Waals surface area contributed by atoms with E-state index in [0.717, 1.165) is 36.2 Å². The van der Waals surface area contributed by atoms with E-state index < -0.39 is 0 Å². The smallest absolute Gasteiger partial charge is 0.0756 e. The Morgan fingerprint density at radius 2 is 1.44 bits per heavy atom. The normalized spacial score (nSPS) is 40.2. The molecule has 0 aromatic heterocycles. The van der Waals surface area contributed by atoms with Crippen molar-refractivity contribution in [3.05, 3.63) is 24.8 Å². The second-order valence-electron chi connectivity index (χ2n) is 9.07. The third kappa shape index (κ3) is 5.71. The molecule has 3 aliphatic rings. The lowest BCUT2D eigenvalue weighted by Crippen LogP contribution is -2.26. The second-order valence-corrected chi connectivity index (χ2v) is 9.07. The fraction of sp³-hybridized carbons (Fsp3) is 0.833. The maximum Gasteiger partial charge on any atom is 0.0756 e. The molecule has 1 saturated heterocycles. The molecule has 25 heavy (non-hydrogen) atoms. The highest BCUT2D eigenvalue weighted by Crippen LogP contribution is 2.41. The van der Waals surface area contributed by atoms with Crippen LogP contribution in [-0.4, -0.2) is 12.7 Å². The van der Waals surface area contributed by atoms with Crippen molar-refractivity contribution in [1.29, 1.82) is 0 Å². The molecule has 0 amide bonds. The predicted octanol–water partition coefficient (Wildman–Crippen LogP) is 6.94. The van der Waals surface area contributed by atoms with Crippen molar-refractivity contribution in [2.75, 3.05) is 6.61 Å². The molecule has 1 heteroatoms. The Labute approximate surface area is 156 Å². The van der Waals surface area contributed by atoms with Crippen molar-refractivity contribution < 1.29 is 4.74 Å². The monoisotopic (exact) mass is 344 g/mol. The van der Waals surface area contributed by atoms with E-state index in [1.165, 1.54) is 77.0 Å². The van der Waals surface area contributed by atoms with E-state index >= 15 is 0 Å². The van der Waals surface area contributed by atoms with Crippen LogP contribution in [0.5, 0.6) is 0 Å². The summed E-state index contributed by atoms with van der Waals surface area (Å²) in [4.78, 5) is 0. The van der Waals surface area contributed by atoms with Gasteiger partial charge in [-0.2, -0.15) is 0 Å². The van der Waals surface area contributed by atoms with Gasteiger partial charge in [0.15, 0.2) is 0 Å². The van der Waals surface area contributed by atoms with Crippen LogP contribution in [0.3, 0.4) is 0 Å². The summed E-state index contributed by atoms with van der Waals surface area (Å²) in [6, 6.07) is 0. The molecule has 2 saturated carbocycles. The van der Waals surface area contributed by atoms with Gasteiger partial charge in [0.1, 0.15) is 0 Å². The zero-order valence-corrected chi connectivity index (χ0v) is 16.5. The van der Waals surface area contributed by atoms with Crippen LogP contribution in [0.25, 0.3) is 0 Å². The van der Waals surface area contributed by atoms with Gasteiger partial charge in [-0.1, -0.05) is 31.6 Å². The third-order valence-corrected chi connectivity index (χ3v) is 7.33. The molecule has 0 radical (unpaired) electrons. The minimum atomic E-state index is 0.403. The first-order chi connectivity index (χ1) is 12.3. The third-order valence-electron chi connectivity index (χ3n) is 7.33. The van der Waals surface area contributed by atoms with Crippen LogP contribution >= 0.6 is 0 Å². The minimum Gasteiger partial charge on any atom is -0.374 e. The molecule has 1 aliphatic heterocycles. The van der Waals surface area contributed by atoms with Crippen molar-refractivity contribution in [2.45, 2.75) is 90.1 Å². The summed E-state index contributed by atoms with van der Waals surface area (Å²) in [6.45, 7) is 7.26. The van der Waals surface area contributed by atoms with Crippen LogP contribution in [0.4, 0.5) is 0 Å². The maximum atomic E-state index is 6.08. The van der Waals surface area contributed by atoms with E-state index in [2.05, 4.69) is 31.7 Å². The van der Waals surface area contributed by atoms with Gasteiger partial charge in [-0.05, 0) is 100 Å². The summed E-state index contributed by atoms with van der Waals surface area (Å²) in [5.74, 6) is 4.47. The summed E-state index contributed by atoms with van der Waals surface area (Å²) >= 11 is 0. The zero-order valence-electron chi connectivity index (χ0n) is 16.5. The number of rotatable bonds is 6. The van der Waals surface area contributed by atoms with Gasteiger partial charge in [0.2, 0.25) is 0 Å². The molecule has 142 valence electrons. The van der Waals surface area contributed by atoms with Crippen LogP contribution in [0, 0.1) is 29.6 Å². The quantitative estimate of drug-likeness (QED) is 0.474. The lowest BCUT2D eigenvalue weighted by molar-refractivity contribution is 0.00801. The molecular formula is C24H40O. The highest BCUT2D eigenvalue weighted by molar-refractivity contribution is 4.97. The van der Waals surface area contributed by atoms with E-state index in [1.807, 2.05) is 0 Å². The predicted molar refractivity (Wildman–Crippen MR) is 108 cm³/mol. The Morgan fingerprint density at radius 3 is 1.96 bits per heavy atom. The maximum absolute atomic E-state index is 6.08. The molecule has 2 atom stereocenters. The molecule has 2 aliphatic carbocycles. The summed E-state index contributed by atoms with van der Waals surface area (Å²) in [5, 5.41) is 0. The van der Waals surface area contributed by atoms with Crippen LogP contribution in [0.2, 0.25) is 0 Å². The minimum absolute atomic E-state index is 0.403. The van der Waals surface area contributed by atoms with Crippen molar-refractivity contribution in [1.82, 2.24) is 0 Å². The first-order valence-electron chi connectivity index (χ1n) is 11.2. The second kappa shape index (κ2) is 9.95. The van der Waals surface area contributed by atoms with Gasteiger partial charge in [-0.15, -0.1) is 6.58 Å². The Bertz CT molecular complexity index is 402. The molecule has 0 N–H and O–H groups in total. The number of hydrogen-bond donors (Lipinski definition) is 0. The largest absolute Gasteiger partial charge is 0.374 e. The number of hydrogen-bond acceptors (Lipinski definition) is 1. The van der Waals surface area contributed by atoms with Gasteiger partial charge in [-0.3, -0.25) is 0 Å². The van der Waals surface area contributed by atoms with Gasteiger partial charge in [0.05, 0.1) is 12.7 Å². The lowest BCUT2D eigenvalue weighted by Gasteiger charge is -2.37. The standard InChI is InChI=1S/C24H40O/c1-3-5-21-11-17-24(25-18-21)16-10-20-8-14-23(15-9-20)22-12-6-19(4-2)7-13-22/h4,10,16,19-24H,2-3,5-9,11-15,17-18H2,1H3. The fourth-order valence-electron chi connectivity index (χ4n) is 5.56. The Balaban J connectivity index is 1.35. The van der Waals surface area contributed by atoms with Gasteiger partial charge >= 0.3 is 0 Å². The van der Waals surface area contributed by atoms with Gasteiger partial charge < -0.3 is 4.74 Å². The van der Waals surface area contributed by atoms with Crippen molar-refractivity contribution in [3.63, 3.8) is 0 Å². The Hall–Kier alpha value is -0.560. The first kappa shape index (κ1) is 19.2. The topological polar surface area (TPSA) is 9.23 Å². The zero-order chi connectivity index (χ0) is 17.5. The molecule has 2 unspecified atom stereocenters. The first-order valence-corrected chi connectivity index (χ1v) is 11.2. The Kier molecular flexibility index (Phi) is 7.65. The van der Waals surface area contributed by atoms with Gasteiger partial charge in [0.25, 0.3) is 0 Å². The van der Waals surface area contributed by atoms with E-state index in [4.69, 9.17) is 4.74 Å². The molecule has 1 nitrogen and oxygen atoms in total. The average molecular weight is 345 g/mol. The molecule has 3 rings (SSSR count). The molecular weight excluding hydrogens is 304 g/mol. The summed E-state index contributed by atoms with van der Waals surface area (Å²) in [7, 11) is 0. The summed E-state index contributed by atoms with van der Waals surface area (Å²) in [5.41, 5.74) is 0. The van der Waals surface area contributed by atoms with Gasteiger partial charge in [-0.25, -0.2) is 0 Å². The number of ether oxygens (including phenoxy) is 1. The van der Waals surface area contributed by atoms with E-state index in [-0.39, 0.29) is 0 Å². The highest BCUT2D eigenvalue weighted by atomic mass is 16.5. The molecule has 0 spiro atoms. The molecule has 0 bridgehead atoms. The molecule has 3 fully saturated rings. The van der Waals surface area contributed by atoms with E-state index in [0.29, 0.717) is 6.10 Å².